The third kappa shape index (κ3) is 6.16. The Labute approximate surface area is 99.0 Å². The highest BCUT2D eigenvalue weighted by Gasteiger charge is 2.21. The molecule has 0 fully saturated rings. The maximum absolute atomic E-state index is 12.6. The Morgan fingerprint density at radius 1 is 1.29 bits per heavy atom. The average molecular weight is 246 g/mol. The summed E-state index contributed by atoms with van der Waals surface area (Å²) in [4.78, 5) is 0. The molecule has 0 aliphatic carbocycles. The van der Waals surface area contributed by atoms with E-state index < -0.39 is 5.92 Å². The molecule has 3 N–H and O–H groups in total. The van der Waals surface area contributed by atoms with Gasteiger partial charge in [-0.1, -0.05) is 0 Å². The van der Waals surface area contributed by atoms with Crippen molar-refractivity contribution in [2.45, 2.75) is 31.7 Å². The third-order valence-electron chi connectivity index (χ3n) is 2.37. The van der Waals surface area contributed by atoms with Crippen LogP contribution in [0.1, 0.15) is 19.8 Å². The summed E-state index contributed by atoms with van der Waals surface area (Å²) in [5.41, 5.74) is 6.42. The van der Waals surface area contributed by atoms with Crippen LogP contribution < -0.4 is 11.1 Å². The fraction of sp³-hybridized carbons (Fsp3) is 0.500. The minimum absolute atomic E-state index is 0.223. The van der Waals surface area contributed by atoms with Crippen molar-refractivity contribution in [1.82, 2.24) is 0 Å². The lowest BCUT2D eigenvalue weighted by Gasteiger charge is -2.16. The molecule has 1 aromatic rings. The summed E-state index contributed by atoms with van der Waals surface area (Å²) in [7, 11) is 0. The molecule has 0 saturated carbocycles. The number of anilines is 1. The van der Waals surface area contributed by atoms with Crippen LogP contribution >= 0.6 is 0 Å². The minimum atomic E-state index is -2.67. The highest BCUT2D eigenvalue weighted by atomic mass is 19.3. The Hall–Kier alpha value is -1.23. The van der Waals surface area contributed by atoms with Crippen LogP contribution in [0.4, 0.5) is 18.9 Å². The fourth-order valence-electron chi connectivity index (χ4n) is 1.36. The van der Waals surface area contributed by atoms with Crippen molar-refractivity contribution in [2.75, 3.05) is 11.9 Å². The van der Waals surface area contributed by atoms with Crippen LogP contribution in [-0.4, -0.2) is 18.5 Å². The molecular weight excluding hydrogens is 229 g/mol. The van der Waals surface area contributed by atoms with Crippen LogP contribution in [0.25, 0.3) is 0 Å². The summed E-state index contributed by atoms with van der Waals surface area (Å²) in [6.07, 6.45) is 0.0248. The predicted octanol–water partition coefficient (Wildman–Crippen LogP) is 3.00. The number of hydrogen-bond acceptors (Lipinski definition) is 2. The van der Waals surface area contributed by atoms with Crippen LogP contribution in [0, 0.1) is 5.82 Å². The Kier molecular flexibility index (Phi) is 4.81. The maximum atomic E-state index is 12.6. The monoisotopic (exact) mass is 246 g/mol. The molecule has 1 atom stereocenters. The minimum Gasteiger partial charge on any atom is -0.383 e. The number of alkyl halides is 2. The SMILES string of the molecule is CC(F)(F)CC[C@@H](N)CNc1ccc(F)cc1. The first-order chi connectivity index (χ1) is 7.87. The molecule has 0 aliphatic rings. The van der Waals surface area contributed by atoms with Gasteiger partial charge in [0.05, 0.1) is 0 Å². The molecule has 96 valence electrons. The van der Waals surface area contributed by atoms with Crippen LogP contribution in [0.5, 0.6) is 0 Å². The van der Waals surface area contributed by atoms with Crippen molar-refractivity contribution >= 4 is 5.69 Å². The molecule has 2 nitrogen and oxygen atoms in total. The Morgan fingerprint density at radius 3 is 2.41 bits per heavy atom. The van der Waals surface area contributed by atoms with Gasteiger partial charge in [-0.3, -0.25) is 0 Å². The number of benzene rings is 1. The van der Waals surface area contributed by atoms with Crippen LogP contribution in [-0.2, 0) is 0 Å². The summed E-state index contributed by atoms with van der Waals surface area (Å²) in [5, 5.41) is 2.97. The molecule has 0 amide bonds. The van der Waals surface area contributed by atoms with Gasteiger partial charge in [0.2, 0.25) is 5.92 Å². The molecule has 0 bridgehead atoms. The molecule has 1 rings (SSSR count). The van der Waals surface area contributed by atoms with E-state index in [-0.39, 0.29) is 24.7 Å². The molecule has 0 aliphatic heterocycles. The largest absolute Gasteiger partial charge is 0.383 e. The zero-order valence-electron chi connectivity index (χ0n) is 9.72. The van der Waals surface area contributed by atoms with E-state index in [1.54, 1.807) is 12.1 Å². The molecular formula is C12H17F3N2. The smallest absolute Gasteiger partial charge is 0.245 e. The molecule has 1 aromatic carbocycles. The topological polar surface area (TPSA) is 38.0 Å². The molecule has 0 saturated heterocycles. The van der Waals surface area contributed by atoms with E-state index in [4.69, 9.17) is 5.73 Å². The predicted molar refractivity (Wildman–Crippen MR) is 62.7 cm³/mol. The summed E-state index contributed by atoms with van der Waals surface area (Å²) in [6.45, 7) is 1.27. The van der Waals surface area contributed by atoms with Crippen LogP contribution in [0.2, 0.25) is 0 Å². The lowest BCUT2D eigenvalue weighted by molar-refractivity contribution is 0.00955. The van der Waals surface area contributed by atoms with Gasteiger partial charge in [0.15, 0.2) is 0 Å². The quantitative estimate of drug-likeness (QED) is 0.809. The lowest BCUT2D eigenvalue weighted by Crippen LogP contribution is -2.30. The zero-order chi connectivity index (χ0) is 12.9. The van der Waals surface area contributed by atoms with Crippen LogP contribution in [0.3, 0.4) is 0 Å². The fourth-order valence-corrected chi connectivity index (χ4v) is 1.36. The molecule has 0 heterocycles. The Bertz CT molecular complexity index is 333. The van der Waals surface area contributed by atoms with E-state index in [2.05, 4.69) is 5.32 Å². The van der Waals surface area contributed by atoms with Crippen molar-refractivity contribution in [3.8, 4) is 0 Å². The first-order valence-electron chi connectivity index (χ1n) is 5.50. The number of halogens is 3. The number of nitrogens with two attached hydrogens (primary N) is 1. The van der Waals surface area contributed by atoms with E-state index in [9.17, 15) is 13.2 Å². The summed E-state index contributed by atoms with van der Waals surface area (Å²) >= 11 is 0. The van der Waals surface area contributed by atoms with Crippen molar-refractivity contribution in [3.05, 3.63) is 30.1 Å². The number of rotatable bonds is 6. The second-order valence-electron chi connectivity index (χ2n) is 4.26. The standard InChI is InChI=1S/C12H17F3N2/c1-12(14,15)7-6-10(16)8-17-11-4-2-9(13)3-5-11/h2-5,10,17H,6-8,16H2,1H3/t10-/m1/s1. The highest BCUT2D eigenvalue weighted by Crippen LogP contribution is 2.19. The Morgan fingerprint density at radius 2 is 1.88 bits per heavy atom. The van der Waals surface area contributed by atoms with Gasteiger partial charge in [-0.2, -0.15) is 0 Å². The second-order valence-corrected chi connectivity index (χ2v) is 4.26. The number of hydrogen-bond donors (Lipinski definition) is 2. The Balaban J connectivity index is 2.28. The molecule has 0 spiro atoms. The zero-order valence-corrected chi connectivity index (χ0v) is 9.72. The van der Waals surface area contributed by atoms with Gasteiger partial charge < -0.3 is 11.1 Å². The van der Waals surface area contributed by atoms with Gasteiger partial charge in [-0.05, 0) is 37.6 Å². The van der Waals surface area contributed by atoms with E-state index in [1.807, 2.05) is 0 Å². The maximum Gasteiger partial charge on any atom is 0.245 e. The van der Waals surface area contributed by atoms with Gasteiger partial charge in [0.25, 0.3) is 0 Å². The van der Waals surface area contributed by atoms with Crippen molar-refractivity contribution in [2.24, 2.45) is 5.73 Å². The summed E-state index contributed by atoms with van der Waals surface area (Å²) < 4.78 is 37.7. The van der Waals surface area contributed by atoms with Crippen molar-refractivity contribution in [1.29, 1.82) is 0 Å². The van der Waals surface area contributed by atoms with Gasteiger partial charge in [0.1, 0.15) is 5.82 Å². The van der Waals surface area contributed by atoms with Gasteiger partial charge in [-0.25, -0.2) is 13.2 Å². The first kappa shape index (κ1) is 13.8. The highest BCUT2D eigenvalue weighted by molar-refractivity contribution is 5.42. The van der Waals surface area contributed by atoms with E-state index >= 15 is 0 Å². The summed E-state index contributed by atoms with van der Waals surface area (Å²) in [6, 6.07) is 5.47. The van der Waals surface area contributed by atoms with Crippen LogP contribution in [0.15, 0.2) is 24.3 Å². The van der Waals surface area contributed by atoms with Gasteiger partial charge in [0, 0.05) is 24.7 Å². The molecule has 17 heavy (non-hydrogen) atoms. The normalized spacial score (nSPS) is 13.5. The van der Waals surface area contributed by atoms with E-state index in [0.29, 0.717) is 6.54 Å². The molecule has 0 aromatic heterocycles. The van der Waals surface area contributed by atoms with Gasteiger partial charge in [-0.15, -0.1) is 0 Å². The average Bonchev–Trinajstić information content (AvgIpc) is 2.25. The van der Waals surface area contributed by atoms with E-state index in [1.165, 1.54) is 12.1 Å². The van der Waals surface area contributed by atoms with Gasteiger partial charge >= 0.3 is 0 Å². The molecule has 5 heteroatoms. The molecule has 0 radical (unpaired) electrons. The lowest BCUT2D eigenvalue weighted by atomic mass is 10.1. The third-order valence-corrected chi connectivity index (χ3v) is 2.37. The molecule has 0 unspecified atom stereocenters. The summed E-state index contributed by atoms with van der Waals surface area (Å²) in [5.74, 6) is -2.99. The van der Waals surface area contributed by atoms with Crippen molar-refractivity contribution in [3.63, 3.8) is 0 Å². The number of nitrogens with one attached hydrogen (secondary N) is 1. The first-order valence-corrected chi connectivity index (χ1v) is 5.50. The van der Waals surface area contributed by atoms with Crippen molar-refractivity contribution < 1.29 is 13.2 Å². The second kappa shape index (κ2) is 5.91. The van der Waals surface area contributed by atoms with E-state index in [0.717, 1.165) is 12.6 Å².